The Bertz CT molecular complexity index is 561. The van der Waals surface area contributed by atoms with Crippen molar-refractivity contribution in [2.45, 2.75) is 18.3 Å². The Labute approximate surface area is 101 Å². The maximum absolute atomic E-state index is 5.86. The van der Waals surface area contributed by atoms with Gasteiger partial charge in [-0.25, -0.2) is 4.98 Å². The molecule has 2 N–H and O–H groups in total. The van der Waals surface area contributed by atoms with Crippen molar-refractivity contribution in [1.29, 1.82) is 0 Å². The number of nitrogens with two attached hydrogens (primary N) is 1. The molecule has 0 amide bonds. The van der Waals surface area contributed by atoms with Gasteiger partial charge in [-0.15, -0.1) is 0 Å². The molecule has 1 aromatic carbocycles. The Hall–Kier alpha value is -1.61. The lowest BCUT2D eigenvalue weighted by Crippen LogP contribution is -2.19. The molecule has 17 heavy (non-hydrogen) atoms. The largest absolute Gasteiger partial charge is 0.481 e. The van der Waals surface area contributed by atoms with E-state index in [9.17, 15) is 0 Å². The maximum Gasteiger partial charge on any atom is 0.221 e. The number of rotatable bonds is 3. The first-order chi connectivity index (χ1) is 8.29. The van der Waals surface area contributed by atoms with Gasteiger partial charge in [0.1, 0.15) is 0 Å². The van der Waals surface area contributed by atoms with Crippen molar-refractivity contribution in [3.05, 3.63) is 36.0 Å². The average molecular weight is 228 g/mol. The molecular weight excluding hydrogens is 212 g/mol. The van der Waals surface area contributed by atoms with E-state index in [1.54, 1.807) is 13.3 Å². The predicted octanol–water partition coefficient (Wildman–Crippen LogP) is 2.23. The van der Waals surface area contributed by atoms with Gasteiger partial charge < -0.3 is 10.5 Å². The molecule has 0 atom stereocenters. The lowest BCUT2D eigenvalue weighted by molar-refractivity contribution is 0.403. The first-order valence-corrected chi connectivity index (χ1v) is 5.92. The zero-order chi connectivity index (χ0) is 11.9. The van der Waals surface area contributed by atoms with Crippen LogP contribution in [-0.2, 0) is 5.41 Å². The third kappa shape index (κ3) is 1.58. The average Bonchev–Trinajstić information content (AvgIpc) is 3.18. The minimum Gasteiger partial charge on any atom is -0.481 e. The van der Waals surface area contributed by atoms with Gasteiger partial charge in [0.15, 0.2) is 0 Å². The zero-order valence-corrected chi connectivity index (χ0v) is 9.94. The molecular formula is C14H16N2O. The summed E-state index contributed by atoms with van der Waals surface area (Å²) >= 11 is 0. The first-order valence-electron chi connectivity index (χ1n) is 5.92. The molecule has 1 fully saturated rings. The molecule has 0 unspecified atom stereocenters. The fraction of sp³-hybridized carbons (Fsp3) is 0.357. The Morgan fingerprint density at radius 3 is 2.82 bits per heavy atom. The van der Waals surface area contributed by atoms with E-state index < -0.39 is 0 Å². The van der Waals surface area contributed by atoms with Crippen LogP contribution in [0.1, 0.15) is 18.4 Å². The normalized spacial score (nSPS) is 17.1. The second kappa shape index (κ2) is 3.70. The summed E-state index contributed by atoms with van der Waals surface area (Å²) in [6, 6.07) is 8.49. The predicted molar refractivity (Wildman–Crippen MR) is 68.3 cm³/mol. The molecule has 2 aromatic rings. The second-order valence-corrected chi connectivity index (χ2v) is 4.74. The maximum atomic E-state index is 5.86. The van der Waals surface area contributed by atoms with E-state index in [4.69, 9.17) is 10.5 Å². The molecule has 3 heteroatoms. The summed E-state index contributed by atoms with van der Waals surface area (Å²) in [5, 5.41) is 2.24. The van der Waals surface area contributed by atoms with Crippen LogP contribution in [0.5, 0.6) is 5.88 Å². The van der Waals surface area contributed by atoms with Crippen LogP contribution in [0, 0.1) is 0 Å². The summed E-state index contributed by atoms with van der Waals surface area (Å²) in [6.07, 6.45) is 4.20. The number of methoxy groups -OCH3 is 1. The van der Waals surface area contributed by atoms with E-state index in [1.165, 1.54) is 23.8 Å². The van der Waals surface area contributed by atoms with Crippen molar-refractivity contribution in [3.63, 3.8) is 0 Å². The highest BCUT2D eigenvalue weighted by Crippen LogP contribution is 2.47. The molecule has 3 nitrogen and oxygen atoms in total. The van der Waals surface area contributed by atoms with Gasteiger partial charge >= 0.3 is 0 Å². The van der Waals surface area contributed by atoms with Crippen LogP contribution in [0.2, 0.25) is 0 Å². The van der Waals surface area contributed by atoms with E-state index in [1.807, 2.05) is 6.07 Å². The van der Waals surface area contributed by atoms with E-state index in [-0.39, 0.29) is 5.41 Å². The van der Waals surface area contributed by atoms with E-state index in [0.29, 0.717) is 5.88 Å². The molecule has 0 spiro atoms. The molecule has 0 radical (unpaired) electrons. The molecule has 0 saturated heterocycles. The highest BCUT2D eigenvalue weighted by Gasteiger charge is 2.42. The number of nitrogens with zero attached hydrogens (tertiary/aromatic N) is 1. The van der Waals surface area contributed by atoms with E-state index in [2.05, 4.69) is 23.2 Å². The summed E-state index contributed by atoms with van der Waals surface area (Å²) in [6.45, 7) is 0.737. The molecule has 88 valence electrons. The lowest BCUT2D eigenvalue weighted by Gasteiger charge is -2.14. The molecule has 0 bridgehead atoms. The first kappa shape index (κ1) is 10.5. The van der Waals surface area contributed by atoms with Gasteiger partial charge in [-0.2, -0.15) is 0 Å². The number of fused-ring (bicyclic) bond motifs is 1. The Morgan fingerprint density at radius 1 is 1.35 bits per heavy atom. The highest BCUT2D eigenvalue weighted by molar-refractivity contribution is 5.87. The minimum absolute atomic E-state index is 0.241. The van der Waals surface area contributed by atoms with Gasteiger partial charge in [-0.05, 0) is 35.9 Å². The number of hydrogen-bond acceptors (Lipinski definition) is 3. The Morgan fingerprint density at radius 2 is 2.18 bits per heavy atom. The Balaban J connectivity index is 2.14. The number of benzene rings is 1. The SMILES string of the molecule is COc1nccc2cc(C3(CN)CC3)ccc12. The third-order valence-electron chi connectivity index (χ3n) is 3.78. The van der Waals surface area contributed by atoms with Crippen molar-refractivity contribution in [2.75, 3.05) is 13.7 Å². The van der Waals surface area contributed by atoms with Crippen LogP contribution >= 0.6 is 0 Å². The van der Waals surface area contributed by atoms with Gasteiger partial charge in [0, 0.05) is 23.5 Å². The van der Waals surface area contributed by atoms with Gasteiger partial charge in [0.25, 0.3) is 0 Å². The molecule has 3 rings (SSSR count). The van der Waals surface area contributed by atoms with Crippen LogP contribution in [0.3, 0.4) is 0 Å². The van der Waals surface area contributed by atoms with Crippen LogP contribution in [0.25, 0.3) is 10.8 Å². The standard InChI is InChI=1S/C14H16N2O/c1-17-13-12-3-2-11(14(9-15)5-6-14)8-10(12)4-7-16-13/h2-4,7-8H,5-6,9,15H2,1H3. The minimum atomic E-state index is 0.241. The van der Waals surface area contributed by atoms with Gasteiger partial charge in [-0.3, -0.25) is 0 Å². The lowest BCUT2D eigenvalue weighted by atomic mass is 9.94. The van der Waals surface area contributed by atoms with Crippen molar-refractivity contribution < 1.29 is 4.74 Å². The quantitative estimate of drug-likeness (QED) is 0.876. The van der Waals surface area contributed by atoms with Gasteiger partial charge in [-0.1, -0.05) is 12.1 Å². The Kier molecular flexibility index (Phi) is 2.30. The van der Waals surface area contributed by atoms with Crippen molar-refractivity contribution in [3.8, 4) is 5.88 Å². The van der Waals surface area contributed by atoms with Crippen LogP contribution in [-0.4, -0.2) is 18.6 Å². The summed E-state index contributed by atoms with van der Waals surface area (Å²) in [5.74, 6) is 0.687. The zero-order valence-electron chi connectivity index (χ0n) is 9.94. The highest BCUT2D eigenvalue weighted by atomic mass is 16.5. The smallest absolute Gasteiger partial charge is 0.221 e. The van der Waals surface area contributed by atoms with Crippen molar-refractivity contribution >= 4 is 10.8 Å². The van der Waals surface area contributed by atoms with Crippen LogP contribution in [0.4, 0.5) is 0 Å². The van der Waals surface area contributed by atoms with Crippen molar-refractivity contribution in [1.82, 2.24) is 4.98 Å². The van der Waals surface area contributed by atoms with Gasteiger partial charge in [0.05, 0.1) is 7.11 Å². The van der Waals surface area contributed by atoms with Crippen LogP contribution in [0.15, 0.2) is 30.5 Å². The van der Waals surface area contributed by atoms with E-state index >= 15 is 0 Å². The fourth-order valence-electron chi connectivity index (χ4n) is 2.40. The van der Waals surface area contributed by atoms with Crippen LogP contribution < -0.4 is 10.5 Å². The summed E-state index contributed by atoms with van der Waals surface area (Å²) in [4.78, 5) is 4.21. The van der Waals surface area contributed by atoms with Gasteiger partial charge in [0.2, 0.25) is 5.88 Å². The van der Waals surface area contributed by atoms with Crippen molar-refractivity contribution in [2.24, 2.45) is 5.73 Å². The molecule has 1 aromatic heterocycles. The van der Waals surface area contributed by atoms with E-state index in [0.717, 1.165) is 11.9 Å². The number of ether oxygens (including phenoxy) is 1. The number of aromatic nitrogens is 1. The molecule has 1 saturated carbocycles. The molecule has 1 aliphatic carbocycles. The third-order valence-corrected chi connectivity index (χ3v) is 3.78. The topological polar surface area (TPSA) is 48.1 Å². The summed E-state index contributed by atoms with van der Waals surface area (Å²) < 4.78 is 5.26. The molecule has 1 aliphatic rings. The number of hydrogen-bond donors (Lipinski definition) is 1. The summed E-state index contributed by atoms with van der Waals surface area (Å²) in [7, 11) is 1.65. The molecule has 0 aliphatic heterocycles. The fourth-order valence-corrected chi connectivity index (χ4v) is 2.40. The second-order valence-electron chi connectivity index (χ2n) is 4.74. The molecule has 1 heterocycles. The number of pyridine rings is 1. The monoisotopic (exact) mass is 228 g/mol. The summed E-state index contributed by atoms with van der Waals surface area (Å²) in [5.41, 5.74) is 7.45.